The summed E-state index contributed by atoms with van der Waals surface area (Å²) >= 11 is 0. The first kappa shape index (κ1) is 8.55. The van der Waals surface area contributed by atoms with Crippen LogP contribution >= 0.6 is 0 Å². The van der Waals surface area contributed by atoms with Crippen LogP contribution in [0.3, 0.4) is 0 Å². The van der Waals surface area contributed by atoms with Crippen molar-refractivity contribution in [1.29, 1.82) is 0 Å². The molecule has 4 nitrogen and oxygen atoms in total. The molecule has 0 fully saturated rings. The van der Waals surface area contributed by atoms with Crippen LogP contribution in [0.4, 0.5) is 0 Å². The lowest BCUT2D eigenvalue weighted by atomic mass is 10.7. The largest absolute Gasteiger partial charge is 0.273 e. The zero-order valence-electron chi connectivity index (χ0n) is 5.82. The van der Waals surface area contributed by atoms with Gasteiger partial charge in [0, 0.05) is 13.1 Å². The number of hydrazone groups is 1. The normalized spacial score (nSPS) is 9.30. The molecule has 1 amide bonds. The molecule has 0 aromatic rings. The van der Waals surface area contributed by atoms with Crippen LogP contribution < -0.4 is 0 Å². The molecule has 4 heteroatoms. The van der Waals surface area contributed by atoms with Crippen molar-refractivity contribution in [2.75, 3.05) is 0 Å². The summed E-state index contributed by atoms with van der Waals surface area (Å²) in [6.45, 7) is 7.90. The van der Waals surface area contributed by atoms with Crippen LogP contribution in [-0.2, 0) is 4.79 Å². The highest BCUT2D eigenvalue weighted by atomic mass is 16.2. The summed E-state index contributed by atoms with van der Waals surface area (Å²) in [5.41, 5.74) is 0. The van der Waals surface area contributed by atoms with Gasteiger partial charge in [0.15, 0.2) is 0 Å². The first-order chi connectivity index (χ1) is 4.72. The zero-order chi connectivity index (χ0) is 7.98. The molecular formula is C6H9N3O. The fourth-order valence-corrected chi connectivity index (χ4v) is 0.349. The first-order valence-electron chi connectivity index (χ1n) is 2.63. The number of amides is 1. The van der Waals surface area contributed by atoms with Gasteiger partial charge in [-0.05, 0) is 6.72 Å². The summed E-state index contributed by atoms with van der Waals surface area (Å²) in [6.07, 6.45) is 2.47. The second-order valence-corrected chi connectivity index (χ2v) is 1.46. The molecule has 0 radical (unpaired) electrons. The number of rotatable bonds is 3. The maximum absolute atomic E-state index is 10.6. The lowest BCUT2D eigenvalue weighted by Gasteiger charge is -2.05. The van der Waals surface area contributed by atoms with Gasteiger partial charge >= 0.3 is 0 Å². The Balaban J connectivity index is 4.07. The van der Waals surface area contributed by atoms with E-state index in [0.717, 1.165) is 5.01 Å². The average Bonchev–Trinajstić information content (AvgIpc) is 1.89. The van der Waals surface area contributed by atoms with Crippen molar-refractivity contribution in [2.24, 2.45) is 10.1 Å². The van der Waals surface area contributed by atoms with E-state index in [0.29, 0.717) is 0 Å². The van der Waals surface area contributed by atoms with Gasteiger partial charge in [0.05, 0.1) is 0 Å². The van der Waals surface area contributed by atoms with Gasteiger partial charge in [-0.1, -0.05) is 6.58 Å². The Morgan fingerprint density at radius 1 is 1.70 bits per heavy atom. The topological polar surface area (TPSA) is 45.0 Å². The molecule has 0 spiro atoms. The molecule has 0 saturated heterocycles. The Morgan fingerprint density at radius 3 is 2.60 bits per heavy atom. The quantitative estimate of drug-likeness (QED) is 0.321. The Bertz CT molecular complexity index is 174. The van der Waals surface area contributed by atoms with Crippen molar-refractivity contribution in [3.8, 4) is 0 Å². The molecular weight excluding hydrogens is 130 g/mol. The van der Waals surface area contributed by atoms with Gasteiger partial charge in [0.2, 0.25) is 5.91 Å². The van der Waals surface area contributed by atoms with Crippen molar-refractivity contribution in [3.05, 3.63) is 12.8 Å². The van der Waals surface area contributed by atoms with Crippen LogP contribution in [0.15, 0.2) is 22.9 Å². The third-order valence-corrected chi connectivity index (χ3v) is 0.753. The molecule has 0 rings (SSSR count). The van der Waals surface area contributed by atoms with E-state index in [1.165, 1.54) is 19.5 Å². The van der Waals surface area contributed by atoms with Gasteiger partial charge < -0.3 is 0 Å². The van der Waals surface area contributed by atoms with Gasteiger partial charge in [0.25, 0.3) is 0 Å². The second-order valence-electron chi connectivity index (χ2n) is 1.46. The molecule has 0 aliphatic rings. The van der Waals surface area contributed by atoms with Gasteiger partial charge in [-0.25, -0.2) is 5.01 Å². The highest BCUT2D eigenvalue weighted by Gasteiger charge is 1.97. The summed E-state index contributed by atoms with van der Waals surface area (Å²) in [5, 5.41) is 4.64. The predicted molar refractivity (Wildman–Crippen MR) is 40.8 cm³/mol. The van der Waals surface area contributed by atoms with E-state index in [-0.39, 0.29) is 5.91 Å². The maximum Gasteiger partial charge on any atom is 0.243 e. The number of aliphatic imine (C=N–C) groups is 1. The predicted octanol–water partition coefficient (Wildman–Crippen LogP) is 0.622. The molecule has 0 aromatic carbocycles. The van der Waals surface area contributed by atoms with E-state index in [1.54, 1.807) is 0 Å². The third-order valence-electron chi connectivity index (χ3n) is 0.753. The molecule has 0 heterocycles. The van der Waals surface area contributed by atoms with Crippen molar-refractivity contribution in [1.82, 2.24) is 5.01 Å². The van der Waals surface area contributed by atoms with Crippen molar-refractivity contribution in [3.63, 3.8) is 0 Å². The molecule has 10 heavy (non-hydrogen) atoms. The minimum atomic E-state index is -0.213. The highest BCUT2D eigenvalue weighted by Crippen LogP contribution is 1.88. The number of hydrogen-bond donors (Lipinski definition) is 0. The van der Waals surface area contributed by atoms with E-state index >= 15 is 0 Å². The Labute approximate surface area is 59.6 Å². The average molecular weight is 139 g/mol. The Morgan fingerprint density at radius 2 is 2.30 bits per heavy atom. The Kier molecular flexibility index (Phi) is 3.79. The summed E-state index contributed by atoms with van der Waals surface area (Å²) in [5.74, 6) is -0.213. The summed E-state index contributed by atoms with van der Waals surface area (Å²) in [6, 6.07) is 0. The van der Waals surface area contributed by atoms with E-state index in [1.807, 2.05) is 0 Å². The van der Waals surface area contributed by atoms with E-state index < -0.39 is 0 Å². The van der Waals surface area contributed by atoms with Gasteiger partial charge in [-0.15, -0.1) is 0 Å². The van der Waals surface area contributed by atoms with Crippen LogP contribution in [0, 0.1) is 0 Å². The van der Waals surface area contributed by atoms with Crippen LogP contribution in [0.5, 0.6) is 0 Å². The maximum atomic E-state index is 10.6. The number of carbonyl (C=O) groups is 1. The molecule has 0 aliphatic carbocycles. The smallest absolute Gasteiger partial charge is 0.243 e. The van der Waals surface area contributed by atoms with E-state index in [4.69, 9.17) is 0 Å². The number of hydrogen-bond acceptors (Lipinski definition) is 2. The monoisotopic (exact) mass is 139 g/mol. The van der Waals surface area contributed by atoms with Gasteiger partial charge in [0.1, 0.15) is 6.34 Å². The molecule has 0 aromatic heterocycles. The summed E-state index contributed by atoms with van der Waals surface area (Å²) < 4.78 is 0. The molecule has 0 unspecified atom stereocenters. The van der Waals surface area contributed by atoms with Crippen molar-refractivity contribution in [2.45, 2.75) is 6.92 Å². The van der Waals surface area contributed by atoms with Crippen LogP contribution in [0.25, 0.3) is 0 Å². The third kappa shape index (κ3) is 2.76. The number of nitrogens with zero attached hydrogens (tertiary/aromatic N) is 3. The van der Waals surface area contributed by atoms with Crippen LogP contribution in [0.1, 0.15) is 6.92 Å². The summed E-state index contributed by atoms with van der Waals surface area (Å²) in [4.78, 5) is 13.9. The second kappa shape index (κ2) is 4.43. The molecule has 0 N–H and O–H groups in total. The fraction of sp³-hybridized carbons (Fsp3) is 0.167. The van der Waals surface area contributed by atoms with Crippen molar-refractivity contribution < 1.29 is 4.79 Å². The van der Waals surface area contributed by atoms with Gasteiger partial charge in [-0.3, -0.25) is 9.79 Å². The molecule has 54 valence electrons. The SMILES string of the molecule is C=CN(/N=C\N=C)C(C)=O. The summed E-state index contributed by atoms with van der Waals surface area (Å²) in [7, 11) is 0. The fourth-order valence-electron chi connectivity index (χ4n) is 0.349. The first-order valence-corrected chi connectivity index (χ1v) is 2.63. The van der Waals surface area contributed by atoms with Crippen LogP contribution in [-0.4, -0.2) is 24.0 Å². The van der Waals surface area contributed by atoms with Crippen LogP contribution in [0.2, 0.25) is 0 Å². The molecule has 0 aliphatic heterocycles. The highest BCUT2D eigenvalue weighted by molar-refractivity contribution is 5.75. The lowest BCUT2D eigenvalue weighted by molar-refractivity contribution is -0.126. The van der Waals surface area contributed by atoms with Gasteiger partial charge in [-0.2, -0.15) is 5.10 Å². The number of carbonyl (C=O) groups excluding carboxylic acids is 1. The van der Waals surface area contributed by atoms with Crippen molar-refractivity contribution >= 4 is 19.0 Å². The van der Waals surface area contributed by atoms with E-state index in [9.17, 15) is 4.79 Å². The Hall–Kier alpha value is -1.45. The standard InChI is InChI=1S/C6H9N3O/c1-4-9(6(2)10)8-5-7-3/h4-5H,1,3H2,2H3/b8-5-. The zero-order valence-corrected chi connectivity index (χ0v) is 5.82. The molecule has 0 bridgehead atoms. The lowest BCUT2D eigenvalue weighted by Crippen LogP contribution is -2.15. The molecule has 0 saturated carbocycles. The minimum Gasteiger partial charge on any atom is -0.273 e. The molecule has 0 atom stereocenters. The van der Waals surface area contributed by atoms with E-state index in [2.05, 4.69) is 23.4 Å². The minimum absolute atomic E-state index is 0.213.